The van der Waals surface area contributed by atoms with E-state index in [9.17, 15) is 8.78 Å². The Balaban J connectivity index is 1.49. The maximum Gasteiger partial charge on any atom is 0.269 e. The molecule has 1 aliphatic carbocycles. The number of pyridine rings is 2. The molecule has 3 atom stereocenters. The molecule has 1 spiro atoms. The van der Waals surface area contributed by atoms with Gasteiger partial charge in [0.25, 0.3) is 5.54 Å². The van der Waals surface area contributed by atoms with Crippen molar-refractivity contribution >= 4 is 0 Å². The van der Waals surface area contributed by atoms with Crippen molar-refractivity contribution in [3.63, 3.8) is 0 Å². The van der Waals surface area contributed by atoms with Crippen LogP contribution in [0.2, 0.25) is 0 Å². The van der Waals surface area contributed by atoms with Crippen LogP contribution in [0, 0.1) is 30.2 Å². The molecule has 0 amide bonds. The molecular weight excluding hydrogens is 488 g/mol. The number of rotatable bonds is 1. The van der Waals surface area contributed by atoms with Crippen LogP contribution in [0.1, 0.15) is 28.7 Å². The molecule has 8 rings (SSSR count). The minimum atomic E-state index is -1.78. The number of hydrogen-bond donors (Lipinski definition) is 0. The summed E-state index contributed by atoms with van der Waals surface area (Å²) in [5, 5.41) is 0. The van der Waals surface area contributed by atoms with E-state index in [0.29, 0.717) is 5.69 Å². The highest BCUT2D eigenvalue weighted by molar-refractivity contribution is 5.75. The molecule has 0 saturated heterocycles. The molecular formula is C32H20F4N2+2. The summed E-state index contributed by atoms with van der Waals surface area (Å²) in [6.07, 6.45) is 3.94. The number of hydrogen-bond acceptors (Lipinski definition) is 0. The van der Waals surface area contributed by atoms with Gasteiger partial charge in [0.1, 0.15) is 5.92 Å². The molecule has 2 nitrogen and oxygen atoms in total. The van der Waals surface area contributed by atoms with Crippen molar-refractivity contribution in [2.24, 2.45) is 0 Å². The Morgan fingerprint density at radius 2 is 1.37 bits per heavy atom. The molecule has 0 radical (unpaired) electrons. The number of fused-ring (bicyclic) bond motifs is 13. The Kier molecular flexibility index (Phi) is 4.10. The van der Waals surface area contributed by atoms with E-state index in [-0.39, 0.29) is 17.2 Å². The molecule has 2 aliphatic heterocycles. The van der Waals surface area contributed by atoms with E-state index in [1.165, 1.54) is 0 Å². The quantitative estimate of drug-likeness (QED) is 0.105. The molecule has 3 unspecified atom stereocenters. The van der Waals surface area contributed by atoms with Crippen LogP contribution in [0.15, 0.2) is 91.3 Å². The lowest BCUT2D eigenvalue weighted by Gasteiger charge is -2.15. The van der Waals surface area contributed by atoms with Gasteiger partial charge in [-0.1, -0.05) is 48.5 Å². The van der Waals surface area contributed by atoms with Crippen molar-refractivity contribution in [3.05, 3.63) is 131 Å². The van der Waals surface area contributed by atoms with Gasteiger partial charge >= 0.3 is 0 Å². The monoisotopic (exact) mass is 508 g/mol. The molecule has 184 valence electrons. The highest BCUT2D eigenvalue weighted by atomic mass is 19.2. The van der Waals surface area contributed by atoms with Crippen molar-refractivity contribution in [1.29, 1.82) is 0 Å². The predicted octanol–water partition coefficient (Wildman–Crippen LogP) is 6.54. The Morgan fingerprint density at radius 3 is 2.18 bits per heavy atom. The third-order valence-electron chi connectivity index (χ3n) is 8.52. The summed E-state index contributed by atoms with van der Waals surface area (Å²) in [5.74, 6) is -6.86. The Labute approximate surface area is 216 Å². The minimum absolute atomic E-state index is 0.101. The normalized spacial score (nSPS) is 21.4. The first kappa shape index (κ1) is 21.7. The first-order valence-electron chi connectivity index (χ1n) is 12.5. The van der Waals surface area contributed by atoms with Gasteiger partial charge in [-0.25, -0.2) is 17.6 Å². The third kappa shape index (κ3) is 2.43. The molecule has 5 aromatic rings. The fourth-order valence-corrected chi connectivity index (χ4v) is 7.00. The first-order chi connectivity index (χ1) is 18.4. The highest BCUT2D eigenvalue weighted by Gasteiger charge is 2.86. The standard InChI is InChI=1S/C32H20F4N2/c1-17-11-13-23-24-25(28(34)30(36)29(35)27(24)33)26-31(37(23)15-17)32(26)21-10-6-5-9-20(21)22-14-12-19(16-38(22)32)18-7-3-2-4-8-18/h2-16,26,31H,1H3/q+2. The minimum Gasteiger partial charge on any atom is -0.203 e. The van der Waals surface area contributed by atoms with Crippen LogP contribution in [0.25, 0.3) is 33.6 Å². The van der Waals surface area contributed by atoms with Gasteiger partial charge in [-0.15, -0.1) is 0 Å². The lowest BCUT2D eigenvalue weighted by Crippen LogP contribution is -2.51. The summed E-state index contributed by atoms with van der Waals surface area (Å²) in [6.45, 7) is 1.92. The molecule has 1 saturated carbocycles. The van der Waals surface area contributed by atoms with E-state index in [2.05, 4.69) is 10.6 Å². The zero-order valence-corrected chi connectivity index (χ0v) is 20.2. The zero-order chi connectivity index (χ0) is 25.9. The maximum atomic E-state index is 15.7. The molecule has 3 aromatic carbocycles. The van der Waals surface area contributed by atoms with Gasteiger partial charge in [-0.2, -0.15) is 9.13 Å². The summed E-state index contributed by atoms with van der Waals surface area (Å²) in [5.41, 5.74) is 4.99. The van der Waals surface area contributed by atoms with Crippen LogP contribution in [-0.4, -0.2) is 0 Å². The summed E-state index contributed by atoms with van der Waals surface area (Å²) in [6, 6.07) is 25.0. The van der Waals surface area contributed by atoms with Crippen molar-refractivity contribution < 1.29 is 26.7 Å². The number of benzene rings is 3. The van der Waals surface area contributed by atoms with Gasteiger partial charge < -0.3 is 0 Å². The summed E-state index contributed by atoms with van der Waals surface area (Å²) >= 11 is 0. The fraction of sp³-hybridized carbons (Fsp3) is 0.125. The lowest BCUT2D eigenvalue weighted by molar-refractivity contribution is -0.772. The van der Waals surface area contributed by atoms with Crippen LogP contribution in [0.3, 0.4) is 0 Å². The summed E-state index contributed by atoms with van der Waals surface area (Å²) < 4.78 is 64.6. The molecule has 0 bridgehead atoms. The second-order valence-electron chi connectivity index (χ2n) is 10.4. The molecule has 3 aliphatic rings. The first-order valence-corrected chi connectivity index (χ1v) is 12.5. The van der Waals surface area contributed by atoms with Crippen molar-refractivity contribution in [1.82, 2.24) is 0 Å². The van der Waals surface area contributed by atoms with E-state index in [4.69, 9.17) is 0 Å². The molecule has 4 heterocycles. The predicted molar refractivity (Wildman–Crippen MR) is 133 cm³/mol. The third-order valence-corrected chi connectivity index (χ3v) is 8.52. The smallest absolute Gasteiger partial charge is 0.203 e. The second-order valence-corrected chi connectivity index (χ2v) is 10.4. The van der Waals surface area contributed by atoms with Crippen LogP contribution in [-0.2, 0) is 5.54 Å². The van der Waals surface area contributed by atoms with Crippen LogP contribution >= 0.6 is 0 Å². The van der Waals surface area contributed by atoms with Crippen molar-refractivity contribution in [2.45, 2.75) is 24.4 Å². The Morgan fingerprint density at radius 1 is 0.658 bits per heavy atom. The van der Waals surface area contributed by atoms with Gasteiger partial charge in [0, 0.05) is 34.4 Å². The molecule has 0 N–H and O–H groups in total. The van der Waals surface area contributed by atoms with Gasteiger partial charge in [-0.3, -0.25) is 0 Å². The highest BCUT2D eigenvalue weighted by Crippen LogP contribution is 2.71. The zero-order valence-electron chi connectivity index (χ0n) is 20.2. The molecule has 2 aromatic heterocycles. The van der Waals surface area contributed by atoms with E-state index in [1.54, 1.807) is 12.1 Å². The maximum absolute atomic E-state index is 15.7. The fourth-order valence-electron chi connectivity index (χ4n) is 7.00. The van der Waals surface area contributed by atoms with Gasteiger partial charge in [-0.05, 0) is 30.7 Å². The summed E-state index contributed by atoms with van der Waals surface area (Å²) in [7, 11) is 0. The Hall–Kier alpha value is -4.32. The molecule has 1 fully saturated rings. The average molecular weight is 509 g/mol. The van der Waals surface area contributed by atoms with E-state index < -0.39 is 34.7 Å². The van der Waals surface area contributed by atoms with E-state index in [0.717, 1.165) is 33.5 Å². The Bertz CT molecular complexity index is 1850. The molecule has 38 heavy (non-hydrogen) atoms. The summed E-state index contributed by atoms with van der Waals surface area (Å²) in [4.78, 5) is 0. The van der Waals surface area contributed by atoms with Gasteiger partial charge in [0.15, 0.2) is 35.7 Å². The van der Waals surface area contributed by atoms with E-state index >= 15 is 8.78 Å². The van der Waals surface area contributed by atoms with Crippen molar-refractivity contribution in [2.75, 3.05) is 0 Å². The van der Waals surface area contributed by atoms with Gasteiger partial charge in [0.05, 0.1) is 11.1 Å². The molecule has 6 heteroatoms. The van der Waals surface area contributed by atoms with Crippen molar-refractivity contribution in [3.8, 4) is 33.6 Å². The number of nitrogens with zero attached hydrogens (tertiary/aromatic N) is 2. The number of aryl methyl sites for hydroxylation is 1. The SMILES string of the molecule is Cc1ccc2[n+](c1)C1C(c3c(F)c(F)c(F)c(F)c3-2)C12c1ccccc1-c1ccc(-c3ccccc3)c[n+]12. The average Bonchev–Trinajstić information content (AvgIpc) is 3.56. The van der Waals surface area contributed by atoms with Crippen LogP contribution < -0.4 is 9.13 Å². The second kappa shape index (κ2) is 7.16. The van der Waals surface area contributed by atoms with Crippen LogP contribution in [0.4, 0.5) is 17.6 Å². The topological polar surface area (TPSA) is 7.76 Å². The van der Waals surface area contributed by atoms with Gasteiger partial charge in [0.2, 0.25) is 17.4 Å². The number of aromatic nitrogens is 2. The lowest BCUT2D eigenvalue weighted by atomic mass is 9.92. The van der Waals surface area contributed by atoms with E-state index in [1.807, 2.05) is 84.5 Å². The van der Waals surface area contributed by atoms with Crippen LogP contribution in [0.5, 0.6) is 0 Å². The largest absolute Gasteiger partial charge is 0.269 e. The number of halogens is 4.